The predicted octanol–water partition coefficient (Wildman–Crippen LogP) is 6.97. The number of ether oxygens (including phenoxy) is 1. The predicted molar refractivity (Wildman–Crippen MR) is 133 cm³/mol. The van der Waals surface area contributed by atoms with Crippen LogP contribution >= 0.6 is 11.6 Å². The maximum Gasteiger partial charge on any atom is 0.130 e. The van der Waals surface area contributed by atoms with Gasteiger partial charge in [-0.2, -0.15) is 5.10 Å². The first kappa shape index (κ1) is 21.0. The monoisotopic (exact) mass is 451 g/mol. The van der Waals surface area contributed by atoms with E-state index >= 15 is 0 Å². The van der Waals surface area contributed by atoms with Gasteiger partial charge in [-0.05, 0) is 59.2 Å². The van der Waals surface area contributed by atoms with Crippen molar-refractivity contribution in [2.24, 2.45) is 0 Å². The first-order chi connectivity index (χ1) is 16.2. The minimum Gasteiger partial charge on any atom is -0.487 e. The van der Waals surface area contributed by atoms with Crippen LogP contribution in [0.4, 0.5) is 0 Å². The standard InChI is InChI=1S/C28H22ClN3O/c1-20(28(32-18-4-17-30-32)23-7-12-24(29)13-8-23)21-10-15-26(16-11-21)33-19-25-14-9-22-5-2-3-6-27(22)31-25/h2-18,28H,1,19H2. The zero-order valence-electron chi connectivity index (χ0n) is 17.9. The smallest absolute Gasteiger partial charge is 0.130 e. The number of para-hydroxylation sites is 1. The molecular formula is C28H22ClN3O. The molecule has 4 nitrogen and oxygen atoms in total. The average Bonchev–Trinajstić information content (AvgIpc) is 3.38. The normalized spacial score (nSPS) is 11.9. The van der Waals surface area contributed by atoms with Gasteiger partial charge in [0.2, 0.25) is 0 Å². The fraction of sp³-hybridized carbons (Fsp3) is 0.0714. The highest BCUT2D eigenvalue weighted by atomic mass is 35.5. The molecule has 0 saturated heterocycles. The van der Waals surface area contributed by atoms with Crippen molar-refractivity contribution in [2.45, 2.75) is 12.6 Å². The Hall–Kier alpha value is -3.89. The third-order valence-corrected chi connectivity index (χ3v) is 5.83. The maximum absolute atomic E-state index is 6.09. The summed E-state index contributed by atoms with van der Waals surface area (Å²) in [5.41, 5.74) is 4.88. The molecule has 1 atom stereocenters. The summed E-state index contributed by atoms with van der Waals surface area (Å²) in [6.07, 6.45) is 3.71. The molecular weight excluding hydrogens is 430 g/mol. The molecule has 0 spiro atoms. The van der Waals surface area contributed by atoms with E-state index in [-0.39, 0.29) is 6.04 Å². The van der Waals surface area contributed by atoms with Crippen molar-refractivity contribution < 1.29 is 4.74 Å². The first-order valence-electron chi connectivity index (χ1n) is 10.7. The number of hydrogen-bond donors (Lipinski definition) is 0. The number of fused-ring (bicyclic) bond motifs is 1. The second-order valence-corrected chi connectivity index (χ2v) is 8.21. The molecule has 0 fully saturated rings. The molecule has 162 valence electrons. The van der Waals surface area contributed by atoms with E-state index in [9.17, 15) is 0 Å². The van der Waals surface area contributed by atoms with Crippen LogP contribution in [-0.4, -0.2) is 14.8 Å². The fourth-order valence-electron chi connectivity index (χ4n) is 3.86. The van der Waals surface area contributed by atoms with E-state index in [1.165, 1.54) is 0 Å². The summed E-state index contributed by atoms with van der Waals surface area (Å²) in [4.78, 5) is 4.67. The van der Waals surface area contributed by atoms with Crippen molar-refractivity contribution in [3.63, 3.8) is 0 Å². The molecule has 0 N–H and O–H groups in total. The van der Waals surface area contributed by atoms with Crippen LogP contribution in [0.1, 0.15) is 22.9 Å². The summed E-state index contributed by atoms with van der Waals surface area (Å²) < 4.78 is 7.89. The van der Waals surface area contributed by atoms with Gasteiger partial charge in [0.25, 0.3) is 0 Å². The second-order valence-electron chi connectivity index (χ2n) is 7.77. The Kier molecular flexibility index (Phi) is 5.92. The molecule has 2 heterocycles. The van der Waals surface area contributed by atoms with Crippen LogP contribution < -0.4 is 4.74 Å². The lowest BCUT2D eigenvalue weighted by Gasteiger charge is -2.21. The summed E-state index contributed by atoms with van der Waals surface area (Å²) in [5, 5.41) is 6.28. The van der Waals surface area contributed by atoms with Crippen molar-refractivity contribution >= 4 is 28.1 Å². The highest BCUT2D eigenvalue weighted by Crippen LogP contribution is 2.33. The lowest BCUT2D eigenvalue weighted by molar-refractivity contribution is 0.302. The zero-order chi connectivity index (χ0) is 22.6. The van der Waals surface area contributed by atoms with Gasteiger partial charge in [-0.15, -0.1) is 0 Å². The SMILES string of the molecule is C=C(c1ccc(OCc2ccc3ccccc3n2)cc1)C(c1ccc(Cl)cc1)n1cccn1. The molecule has 0 saturated carbocycles. The van der Waals surface area contributed by atoms with Crippen LogP contribution in [0.15, 0.2) is 110 Å². The van der Waals surface area contributed by atoms with E-state index in [0.717, 1.165) is 39.0 Å². The topological polar surface area (TPSA) is 39.9 Å². The Morgan fingerprint density at radius 2 is 1.70 bits per heavy atom. The quantitative estimate of drug-likeness (QED) is 0.268. The maximum atomic E-state index is 6.09. The zero-order valence-corrected chi connectivity index (χ0v) is 18.7. The molecule has 1 unspecified atom stereocenters. The highest BCUT2D eigenvalue weighted by molar-refractivity contribution is 6.30. The molecule has 33 heavy (non-hydrogen) atoms. The third kappa shape index (κ3) is 4.66. The molecule has 0 amide bonds. The molecule has 5 heteroatoms. The molecule has 0 bridgehead atoms. The lowest BCUT2D eigenvalue weighted by Crippen LogP contribution is -2.13. The van der Waals surface area contributed by atoms with Crippen LogP contribution in [-0.2, 0) is 6.61 Å². The Morgan fingerprint density at radius 3 is 2.45 bits per heavy atom. The molecule has 3 aromatic carbocycles. The molecule has 0 aliphatic heterocycles. The number of nitrogens with zero attached hydrogens (tertiary/aromatic N) is 3. The molecule has 0 radical (unpaired) electrons. The summed E-state index contributed by atoms with van der Waals surface area (Å²) in [7, 11) is 0. The lowest BCUT2D eigenvalue weighted by atomic mass is 9.94. The van der Waals surface area contributed by atoms with Crippen molar-refractivity contribution in [1.29, 1.82) is 0 Å². The Morgan fingerprint density at radius 1 is 0.909 bits per heavy atom. The summed E-state index contributed by atoms with van der Waals surface area (Å²) in [6.45, 7) is 4.80. The van der Waals surface area contributed by atoms with Crippen LogP contribution in [0.3, 0.4) is 0 Å². The van der Waals surface area contributed by atoms with Crippen molar-refractivity contribution in [1.82, 2.24) is 14.8 Å². The van der Waals surface area contributed by atoms with Gasteiger partial charge >= 0.3 is 0 Å². The van der Waals surface area contributed by atoms with E-state index in [4.69, 9.17) is 16.3 Å². The van der Waals surface area contributed by atoms with Gasteiger partial charge in [-0.3, -0.25) is 4.68 Å². The third-order valence-electron chi connectivity index (χ3n) is 5.57. The van der Waals surface area contributed by atoms with E-state index in [0.29, 0.717) is 11.6 Å². The second kappa shape index (κ2) is 9.31. The van der Waals surface area contributed by atoms with Gasteiger partial charge in [0, 0.05) is 22.8 Å². The van der Waals surface area contributed by atoms with Crippen molar-refractivity contribution in [3.8, 4) is 5.75 Å². The molecule has 5 aromatic rings. The van der Waals surface area contributed by atoms with Gasteiger partial charge in [0.15, 0.2) is 0 Å². The fourth-order valence-corrected chi connectivity index (χ4v) is 3.99. The van der Waals surface area contributed by atoms with Gasteiger partial charge < -0.3 is 4.74 Å². The molecule has 2 aromatic heterocycles. The van der Waals surface area contributed by atoms with E-state index in [1.54, 1.807) is 6.20 Å². The minimum absolute atomic E-state index is 0.133. The van der Waals surface area contributed by atoms with Crippen LogP contribution in [0.25, 0.3) is 16.5 Å². The average molecular weight is 452 g/mol. The van der Waals surface area contributed by atoms with Crippen LogP contribution in [0, 0.1) is 0 Å². The van der Waals surface area contributed by atoms with Gasteiger partial charge in [-0.1, -0.05) is 66.7 Å². The van der Waals surface area contributed by atoms with E-state index < -0.39 is 0 Å². The number of aromatic nitrogens is 3. The number of halogens is 1. The Balaban J connectivity index is 1.33. The number of benzene rings is 3. The molecule has 5 rings (SSSR count). The first-order valence-corrected chi connectivity index (χ1v) is 11.1. The minimum atomic E-state index is -0.133. The molecule has 0 aliphatic rings. The number of rotatable bonds is 7. The summed E-state index contributed by atoms with van der Waals surface area (Å²) >= 11 is 6.09. The Labute approximate surface area is 197 Å². The van der Waals surface area contributed by atoms with Gasteiger partial charge in [0.05, 0.1) is 11.2 Å². The summed E-state index contributed by atoms with van der Waals surface area (Å²) in [5.74, 6) is 0.781. The van der Waals surface area contributed by atoms with Crippen molar-refractivity contribution in [2.75, 3.05) is 0 Å². The van der Waals surface area contributed by atoms with Crippen LogP contribution in [0.5, 0.6) is 5.75 Å². The number of hydrogen-bond acceptors (Lipinski definition) is 3. The highest BCUT2D eigenvalue weighted by Gasteiger charge is 2.19. The van der Waals surface area contributed by atoms with Crippen LogP contribution in [0.2, 0.25) is 5.02 Å². The van der Waals surface area contributed by atoms with Gasteiger partial charge in [0.1, 0.15) is 18.4 Å². The number of allylic oxidation sites excluding steroid dienone is 1. The molecule has 0 aliphatic carbocycles. The summed E-state index contributed by atoms with van der Waals surface area (Å²) in [6, 6.07) is 29.7. The number of pyridine rings is 1. The largest absolute Gasteiger partial charge is 0.487 e. The Bertz CT molecular complexity index is 1380. The van der Waals surface area contributed by atoms with Gasteiger partial charge in [-0.25, -0.2) is 4.98 Å². The van der Waals surface area contributed by atoms with Crippen molar-refractivity contribution in [3.05, 3.63) is 132 Å². The van der Waals surface area contributed by atoms with E-state index in [1.807, 2.05) is 89.7 Å². The van der Waals surface area contributed by atoms with E-state index in [2.05, 4.69) is 28.8 Å².